The maximum absolute atomic E-state index is 13.8. The SMILES string of the molecule is [2H]C([2H])(c1ccc2c(c1)oc1c3cc[n+](C)c4c3c(cc21)Sc1c(C)cc(C)c(C)c1-4)C(C)(C)C(F)(F)F. The number of aryl methyl sites for hydroxylation is 3. The number of rotatable bonds is 2. The van der Waals surface area contributed by atoms with Gasteiger partial charge >= 0.3 is 6.18 Å². The Balaban J connectivity index is 1.65. The average Bonchev–Trinajstić information content (AvgIpc) is 3.20. The predicted molar refractivity (Wildman–Crippen MR) is 140 cm³/mol. The first-order valence-electron chi connectivity index (χ1n) is 12.8. The molecule has 0 atom stereocenters. The maximum Gasteiger partial charge on any atom is 0.394 e. The standard InChI is InChI=1S/C30H27F3NOS/c1-15-11-16(2)28-24(17(15)3)26-25-20(9-10-34(26)6)27-21(13-23(25)36-28)19-8-7-18(12-22(19)35-27)14-29(4,5)30(31,32)33/h7-13H,14H2,1-6H3/q+1/i14D2. The molecular weight excluding hydrogens is 479 g/mol. The van der Waals surface area contributed by atoms with Crippen molar-refractivity contribution in [2.24, 2.45) is 12.5 Å². The van der Waals surface area contributed by atoms with Gasteiger partial charge in [0.05, 0.1) is 16.4 Å². The number of fused-ring (bicyclic) bond motifs is 6. The average molecular weight is 509 g/mol. The number of nitrogens with zero attached hydrogens (tertiary/aromatic N) is 1. The first kappa shape index (κ1) is 21.1. The number of furan rings is 1. The normalized spacial score (nSPS) is 14.9. The van der Waals surface area contributed by atoms with Gasteiger partial charge in [-0.1, -0.05) is 43.8 Å². The van der Waals surface area contributed by atoms with Crippen LogP contribution in [0.15, 0.2) is 56.8 Å². The first-order chi connectivity index (χ1) is 17.6. The molecule has 6 heteroatoms. The van der Waals surface area contributed by atoms with E-state index < -0.39 is 18.0 Å². The van der Waals surface area contributed by atoms with Gasteiger partial charge < -0.3 is 4.42 Å². The minimum absolute atomic E-state index is 0.0594. The van der Waals surface area contributed by atoms with Gasteiger partial charge in [-0.15, -0.1) is 0 Å². The van der Waals surface area contributed by atoms with E-state index in [1.165, 1.54) is 39.3 Å². The van der Waals surface area contributed by atoms with Crippen molar-refractivity contribution in [2.45, 2.75) is 57.0 Å². The lowest BCUT2D eigenvalue weighted by molar-refractivity contribution is -0.659. The second-order valence-corrected chi connectivity index (χ2v) is 11.4. The molecule has 5 aromatic rings. The van der Waals surface area contributed by atoms with Crippen LogP contribution in [-0.2, 0) is 13.4 Å². The highest BCUT2D eigenvalue weighted by molar-refractivity contribution is 7.99. The molecule has 0 bridgehead atoms. The van der Waals surface area contributed by atoms with Gasteiger partial charge in [0.25, 0.3) is 0 Å². The summed E-state index contributed by atoms with van der Waals surface area (Å²) in [5.74, 6) is 0. The number of pyridine rings is 1. The Morgan fingerprint density at radius 1 is 0.972 bits per heavy atom. The van der Waals surface area contributed by atoms with Gasteiger partial charge in [0.15, 0.2) is 6.20 Å². The van der Waals surface area contributed by atoms with Crippen LogP contribution in [0.5, 0.6) is 0 Å². The molecule has 0 amide bonds. The van der Waals surface area contributed by atoms with Crippen molar-refractivity contribution >= 4 is 44.5 Å². The van der Waals surface area contributed by atoms with E-state index in [4.69, 9.17) is 7.16 Å². The van der Waals surface area contributed by atoms with Crippen LogP contribution < -0.4 is 4.57 Å². The first-order valence-corrected chi connectivity index (χ1v) is 12.6. The highest BCUT2D eigenvalue weighted by atomic mass is 32.2. The van der Waals surface area contributed by atoms with Gasteiger partial charge in [0, 0.05) is 34.8 Å². The number of alkyl halides is 3. The second-order valence-electron chi connectivity index (χ2n) is 10.3. The highest BCUT2D eigenvalue weighted by Crippen LogP contribution is 2.52. The van der Waals surface area contributed by atoms with Crippen molar-refractivity contribution in [3.63, 3.8) is 0 Å². The van der Waals surface area contributed by atoms with Crippen LogP contribution in [0, 0.1) is 26.2 Å². The zero-order chi connectivity index (χ0) is 27.5. The van der Waals surface area contributed by atoms with Crippen LogP contribution in [0.1, 0.15) is 38.8 Å². The summed E-state index contributed by atoms with van der Waals surface area (Å²) in [7, 11) is 2.04. The van der Waals surface area contributed by atoms with Gasteiger partial charge in [-0.3, -0.25) is 0 Å². The summed E-state index contributed by atoms with van der Waals surface area (Å²) in [5, 5.41) is 3.63. The lowest BCUT2D eigenvalue weighted by Gasteiger charge is -2.27. The molecule has 0 unspecified atom stereocenters. The van der Waals surface area contributed by atoms with Gasteiger partial charge in [0.1, 0.15) is 18.2 Å². The van der Waals surface area contributed by atoms with Gasteiger partial charge in [-0.2, -0.15) is 13.2 Å². The fourth-order valence-corrected chi connectivity index (χ4v) is 6.51. The van der Waals surface area contributed by atoms with Gasteiger partial charge in [0.2, 0.25) is 5.69 Å². The molecular formula is C30H27F3NOS+. The van der Waals surface area contributed by atoms with E-state index in [0.29, 0.717) is 11.2 Å². The Morgan fingerprint density at radius 2 is 1.72 bits per heavy atom. The van der Waals surface area contributed by atoms with Crippen molar-refractivity contribution in [1.82, 2.24) is 0 Å². The van der Waals surface area contributed by atoms with Crippen LogP contribution in [0.4, 0.5) is 13.2 Å². The van der Waals surface area contributed by atoms with E-state index >= 15 is 0 Å². The minimum Gasteiger partial charge on any atom is -0.455 e. The van der Waals surface area contributed by atoms with E-state index in [9.17, 15) is 13.2 Å². The zero-order valence-electron chi connectivity index (χ0n) is 22.9. The van der Waals surface area contributed by atoms with Gasteiger partial charge in [-0.25, -0.2) is 4.57 Å². The molecule has 3 heterocycles. The molecule has 0 spiro atoms. The minimum atomic E-state index is -4.72. The number of hydrogen-bond donors (Lipinski definition) is 0. The molecule has 0 fully saturated rings. The summed E-state index contributed by atoms with van der Waals surface area (Å²) in [6.07, 6.45) is -5.35. The Hall–Kier alpha value is -2.99. The number of aromatic nitrogens is 1. The fourth-order valence-electron chi connectivity index (χ4n) is 5.23. The summed E-state index contributed by atoms with van der Waals surface area (Å²) < 4.78 is 66.6. The zero-order valence-corrected chi connectivity index (χ0v) is 21.8. The summed E-state index contributed by atoms with van der Waals surface area (Å²) in [4.78, 5) is 2.32. The molecule has 36 heavy (non-hydrogen) atoms. The lowest BCUT2D eigenvalue weighted by atomic mass is 9.85. The van der Waals surface area contributed by atoms with Crippen molar-refractivity contribution in [3.05, 3.63) is 64.8 Å². The van der Waals surface area contributed by atoms with Crippen LogP contribution in [0.3, 0.4) is 0 Å². The summed E-state index contributed by atoms with van der Waals surface area (Å²) in [6.45, 7) is 8.20. The van der Waals surface area contributed by atoms with E-state index in [1.54, 1.807) is 17.8 Å². The molecule has 1 aliphatic heterocycles. The van der Waals surface area contributed by atoms with Crippen LogP contribution >= 0.6 is 11.8 Å². The Morgan fingerprint density at radius 3 is 2.44 bits per heavy atom. The number of halogens is 3. The lowest BCUT2D eigenvalue weighted by Crippen LogP contribution is -2.34. The van der Waals surface area contributed by atoms with Crippen molar-refractivity contribution in [1.29, 1.82) is 0 Å². The van der Waals surface area contributed by atoms with Crippen molar-refractivity contribution < 1.29 is 24.9 Å². The molecule has 0 N–H and O–H groups in total. The third-order valence-electron chi connectivity index (χ3n) is 7.42. The molecule has 184 valence electrons. The van der Waals surface area contributed by atoms with Gasteiger partial charge in [-0.05, 0) is 61.5 Å². The smallest absolute Gasteiger partial charge is 0.394 e. The monoisotopic (exact) mass is 508 g/mol. The Kier molecular flexibility index (Phi) is 4.41. The molecule has 0 saturated heterocycles. The van der Waals surface area contributed by atoms with Crippen molar-refractivity contribution in [3.8, 4) is 11.3 Å². The molecule has 6 rings (SSSR count). The molecule has 0 radical (unpaired) electrons. The van der Waals surface area contributed by atoms with E-state index in [0.717, 1.165) is 46.0 Å². The van der Waals surface area contributed by atoms with Crippen LogP contribution in [-0.4, -0.2) is 6.18 Å². The predicted octanol–water partition coefficient (Wildman–Crippen LogP) is 8.75. The third kappa shape index (κ3) is 3.23. The van der Waals surface area contributed by atoms with Crippen molar-refractivity contribution in [2.75, 3.05) is 0 Å². The molecule has 3 aromatic carbocycles. The Bertz CT molecular complexity index is 1840. The number of benzene rings is 3. The summed E-state index contributed by atoms with van der Waals surface area (Å²) in [6, 6.07) is 10.9. The summed E-state index contributed by atoms with van der Waals surface area (Å²) in [5.41, 5.74) is 4.39. The molecule has 0 aliphatic carbocycles. The third-order valence-corrected chi connectivity index (χ3v) is 8.69. The van der Waals surface area contributed by atoms with E-state index in [2.05, 4.69) is 37.5 Å². The second kappa shape index (κ2) is 7.51. The fraction of sp³-hybridized carbons (Fsp3) is 0.300. The quantitative estimate of drug-likeness (QED) is 0.218. The summed E-state index contributed by atoms with van der Waals surface area (Å²) >= 11 is 1.73. The van der Waals surface area contributed by atoms with E-state index in [-0.39, 0.29) is 5.56 Å². The molecule has 2 nitrogen and oxygen atoms in total. The molecule has 2 aromatic heterocycles. The maximum atomic E-state index is 13.8. The van der Waals surface area contributed by atoms with E-state index in [1.807, 2.05) is 19.3 Å². The number of hydrogen-bond acceptors (Lipinski definition) is 2. The highest BCUT2D eigenvalue weighted by Gasteiger charge is 2.47. The molecule has 0 saturated carbocycles. The molecule has 1 aliphatic rings. The topological polar surface area (TPSA) is 17.0 Å². The Labute approximate surface area is 214 Å². The van der Waals surface area contributed by atoms with Crippen LogP contribution in [0.2, 0.25) is 0 Å². The largest absolute Gasteiger partial charge is 0.455 e. The van der Waals surface area contributed by atoms with Crippen LogP contribution in [0.25, 0.3) is 44.0 Å².